The molecule has 0 aliphatic carbocycles. The minimum Gasteiger partial charge on any atom is -0.399 e. The van der Waals surface area contributed by atoms with Crippen molar-refractivity contribution in [1.29, 1.82) is 0 Å². The number of hydrogen-bond donors (Lipinski definition) is 1. The third-order valence-corrected chi connectivity index (χ3v) is 4.01. The molecule has 4 rings (SSSR count). The Morgan fingerprint density at radius 2 is 1.35 bits per heavy atom. The minimum absolute atomic E-state index is 0.762. The minimum atomic E-state index is 0.762. The van der Waals surface area contributed by atoms with Crippen LogP contribution < -0.4 is 5.73 Å². The fraction of sp³-hybridized carbons (Fsp3) is 0. The number of hydrogen-bond acceptors (Lipinski definition) is 2. The molecule has 0 saturated heterocycles. The van der Waals surface area contributed by atoms with Gasteiger partial charge in [0.2, 0.25) is 0 Å². The van der Waals surface area contributed by atoms with E-state index in [0.29, 0.717) is 0 Å². The third-order valence-electron chi connectivity index (χ3n) is 4.01. The van der Waals surface area contributed by atoms with E-state index in [4.69, 9.17) is 10.7 Å². The molecular formula is C21H16N2. The van der Waals surface area contributed by atoms with Crippen LogP contribution in [-0.2, 0) is 0 Å². The van der Waals surface area contributed by atoms with Crippen molar-refractivity contribution in [2.75, 3.05) is 5.73 Å². The Labute approximate surface area is 135 Å². The van der Waals surface area contributed by atoms with E-state index in [2.05, 4.69) is 48.5 Å². The highest BCUT2D eigenvalue weighted by Crippen LogP contribution is 2.32. The lowest BCUT2D eigenvalue weighted by Crippen LogP contribution is -1.90. The highest BCUT2D eigenvalue weighted by atomic mass is 14.7. The highest BCUT2D eigenvalue weighted by molar-refractivity contribution is 5.96. The topological polar surface area (TPSA) is 38.9 Å². The van der Waals surface area contributed by atoms with E-state index in [-0.39, 0.29) is 0 Å². The average Bonchev–Trinajstić information content (AvgIpc) is 2.62. The fourth-order valence-corrected chi connectivity index (χ4v) is 2.83. The lowest BCUT2D eigenvalue weighted by molar-refractivity contribution is 1.40. The van der Waals surface area contributed by atoms with Gasteiger partial charge in [0.15, 0.2) is 0 Å². The number of aromatic nitrogens is 1. The summed E-state index contributed by atoms with van der Waals surface area (Å²) < 4.78 is 0. The second-order valence-electron chi connectivity index (χ2n) is 5.56. The summed E-state index contributed by atoms with van der Waals surface area (Å²) in [5, 5.41) is 1.16. The van der Waals surface area contributed by atoms with E-state index in [1.54, 1.807) is 0 Å². The first kappa shape index (κ1) is 13.5. The first-order chi connectivity index (χ1) is 11.3. The molecule has 0 amide bonds. The standard InChI is InChI=1S/C21H16N2/c22-17-12-10-16(11-13-17)21-14-19(15-6-2-1-3-7-15)18-8-4-5-9-20(18)23-21/h1-14H,22H2. The number of rotatable bonds is 2. The van der Waals surface area contributed by atoms with Gasteiger partial charge in [-0.05, 0) is 35.4 Å². The van der Waals surface area contributed by atoms with E-state index in [9.17, 15) is 0 Å². The monoisotopic (exact) mass is 296 g/mol. The summed E-state index contributed by atoms with van der Waals surface area (Å²) in [6, 6.07) is 28.7. The number of fused-ring (bicyclic) bond motifs is 1. The van der Waals surface area contributed by atoms with Crippen molar-refractivity contribution in [1.82, 2.24) is 4.98 Å². The fourth-order valence-electron chi connectivity index (χ4n) is 2.83. The summed E-state index contributed by atoms with van der Waals surface area (Å²) in [5.41, 5.74) is 12.0. The number of nitrogen functional groups attached to an aromatic ring is 1. The summed E-state index contributed by atoms with van der Waals surface area (Å²) in [4.78, 5) is 4.82. The predicted octanol–water partition coefficient (Wildman–Crippen LogP) is 5.15. The van der Waals surface area contributed by atoms with E-state index < -0.39 is 0 Å². The lowest BCUT2D eigenvalue weighted by Gasteiger charge is -2.10. The van der Waals surface area contributed by atoms with Gasteiger partial charge < -0.3 is 5.73 Å². The quantitative estimate of drug-likeness (QED) is 0.519. The Morgan fingerprint density at radius 1 is 0.652 bits per heavy atom. The maximum absolute atomic E-state index is 5.80. The van der Waals surface area contributed by atoms with Gasteiger partial charge in [-0.2, -0.15) is 0 Å². The summed E-state index contributed by atoms with van der Waals surface area (Å²) in [6.07, 6.45) is 0. The number of nitrogens with zero attached hydrogens (tertiary/aromatic N) is 1. The van der Waals surface area contributed by atoms with Crippen LogP contribution in [0, 0.1) is 0 Å². The molecule has 110 valence electrons. The molecule has 0 atom stereocenters. The van der Waals surface area contributed by atoms with Gasteiger partial charge >= 0.3 is 0 Å². The molecule has 4 aromatic rings. The maximum Gasteiger partial charge on any atom is 0.0715 e. The number of nitrogens with two attached hydrogens (primary N) is 1. The Hall–Kier alpha value is -3.13. The molecule has 0 saturated carbocycles. The van der Waals surface area contributed by atoms with Crippen LogP contribution in [0.25, 0.3) is 33.3 Å². The zero-order chi connectivity index (χ0) is 15.6. The average molecular weight is 296 g/mol. The number of benzene rings is 3. The molecule has 0 unspecified atom stereocenters. The van der Waals surface area contributed by atoms with Crippen molar-refractivity contribution in [2.24, 2.45) is 0 Å². The van der Waals surface area contributed by atoms with Gasteiger partial charge in [-0.25, -0.2) is 4.98 Å². The smallest absolute Gasteiger partial charge is 0.0715 e. The molecule has 23 heavy (non-hydrogen) atoms. The molecular weight excluding hydrogens is 280 g/mol. The third kappa shape index (κ3) is 2.55. The summed E-state index contributed by atoms with van der Waals surface area (Å²) in [7, 11) is 0. The molecule has 2 N–H and O–H groups in total. The number of para-hydroxylation sites is 1. The van der Waals surface area contributed by atoms with Crippen LogP contribution in [0.1, 0.15) is 0 Å². The summed E-state index contributed by atoms with van der Waals surface area (Å²) >= 11 is 0. The second kappa shape index (κ2) is 5.58. The predicted molar refractivity (Wildman–Crippen MR) is 97.0 cm³/mol. The van der Waals surface area contributed by atoms with Crippen molar-refractivity contribution in [3.8, 4) is 22.4 Å². The molecule has 2 heteroatoms. The first-order valence-electron chi connectivity index (χ1n) is 7.62. The molecule has 1 aromatic heterocycles. The molecule has 0 fully saturated rings. The Morgan fingerprint density at radius 3 is 2.13 bits per heavy atom. The molecule has 0 radical (unpaired) electrons. The van der Waals surface area contributed by atoms with Crippen LogP contribution in [0.5, 0.6) is 0 Å². The summed E-state index contributed by atoms with van der Waals surface area (Å²) in [6.45, 7) is 0. The lowest BCUT2D eigenvalue weighted by atomic mass is 9.98. The molecule has 0 spiro atoms. The van der Waals surface area contributed by atoms with Crippen LogP contribution in [0.2, 0.25) is 0 Å². The van der Waals surface area contributed by atoms with Crippen molar-refractivity contribution in [3.63, 3.8) is 0 Å². The van der Waals surface area contributed by atoms with E-state index in [1.165, 1.54) is 11.1 Å². The van der Waals surface area contributed by atoms with Gasteiger partial charge in [-0.15, -0.1) is 0 Å². The second-order valence-corrected chi connectivity index (χ2v) is 5.56. The van der Waals surface area contributed by atoms with Crippen molar-refractivity contribution >= 4 is 16.6 Å². The number of pyridine rings is 1. The molecule has 3 aromatic carbocycles. The summed E-state index contributed by atoms with van der Waals surface area (Å²) in [5.74, 6) is 0. The van der Waals surface area contributed by atoms with Gasteiger partial charge in [-0.1, -0.05) is 60.7 Å². The normalized spacial score (nSPS) is 10.8. The van der Waals surface area contributed by atoms with Gasteiger partial charge in [0.1, 0.15) is 0 Å². The Bertz CT molecular complexity index is 958. The van der Waals surface area contributed by atoms with Crippen LogP contribution >= 0.6 is 0 Å². The SMILES string of the molecule is Nc1ccc(-c2cc(-c3ccccc3)c3ccccc3n2)cc1. The van der Waals surface area contributed by atoms with Gasteiger partial charge in [0, 0.05) is 16.6 Å². The van der Waals surface area contributed by atoms with E-state index in [0.717, 1.165) is 27.8 Å². The molecule has 2 nitrogen and oxygen atoms in total. The van der Waals surface area contributed by atoms with Crippen molar-refractivity contribution in [3.05, 3.63) is 84.9 Å². The van der Waals surface area contributed by atoms with Crippen LogP contribution in [0.15, 0.2) is 84.9 Å². The number of anilines is 1. The maximum atomic E-state index is 5.80. The van der Waals surface area contributed by atoms with Crippen LogP contribution in [0.4, 0.5) is 5.69 Å². The van der Waals surface area contributed by atoms with Crippen LogP contribution in [0.3, 0.4) is 0 Å². The Kier molecular flexibility index (Phi) is 3.28. The molecule has 1 heterocycles. The zero-order valence-corrected chi connectivity index (χ0v) is 12.6. The van der Waals surface area contributed by atoms with Crippen molar-refractivity contribution in [2.45, 2.75) is 0 Å². The van der Waals surface area contributed by atoms with Gasteiger partial charge in [0.05, 0.1) is 11.2 Å². The molecule has 0 aliphatic rings. The van der Waals surface area contributed by atoms with Gasteiger partial charge in [0.25, 0.3) is 0 Å². The molecule has 0 bridgehead atoms. The Balaban J connectivity index is 1.99. The first-order valence-corrected chi connectivity index (χ1v) is 7.62. The largest absolute Gasteiger partial charge is 0.399 e. The zero-order valence-electron chi connectivity index (χ0n) is 12.6. The van der Waals surface area contributed by atoms with Gasteiger partial charge in [-0.3, -0.25) is 0 Å². The van der Waals surface area contributed by atoms with Crippen LogP contribution in [-0.4, -0.2) is 4.98 Å². The highest BCUT2D eigenvalue weighted by Gasteiger charge is 2.09. The van der Waals surface area contributed by atoms with Crippen molar-refractivity contribution < 1.29 is 0 Å². The molecule has 0 aliphatic heterocycles. The van der Waals surface area contributed by atoms with E-state index in [1.807, 2.05) is 36.4 Å². The van der Waals surface area contributed by atoms with E-state index >= 15 is 0 Å².